The Labute approximate surface area is 122 Å². The maximum atomic E-state index is 12.1. The van der Waals surface area contributed by atoms with Crippen LogP contribution in [0.1, 0.15) is 10.4 Å². The van der Waals surface area contributed by atoms with E-state index in [0.717, 1.165) is 6.26 Å². The quantitative estimate of drug-likeness (QED) is 0.703. The van der Waals surface area contributed by atoms with E-state index in [1.54, 1.807) is 28.8 Å². The lowest BCUT2D eigenvalue weighted by molar-refractivity contribution is 0.0954. The van der Waals surface area contributed by atoms with Crippen molar-refractivity contribution in [2.75, 3.05) is 19.3 Å². The Balaban J connectivity index is 2.03. The van der Waals surface area contributed by atoms with Crippen molar-refractivity contribution in [2.45, 2.75) is 0 Å². The predicted octanol–water partition coefficient (Wildman–Crippen LogP) is -0.454. The average molecular weight is 309 g/mol. The molecule has 0 saturated heterocycles. The Hall–Kier alpha value is -2.26. The lowest BCUT2D eigenvalue weighted by Crippen LogP contribution is -2.34. The van der Waals surface area contributed by atoms with Crippen molar-refractivity contribution in [2.24, 2.45) is 0 Å². The number of amides is 1. The van der Waals surface area contributed by atoms with Gasteiger partial charge in [-0.3, -0.25) is 9.36 Å². The van der Waals surface area contributed by atoms with Crippen molar-refractivity contribution in [1.29, 1.82) is 0 Å². The SMILES string of the molecule is CS(=O)(=O)NCCNC(=O)c1ccccc1-n1cnnc1. The van der Waals surface area contributed by atoms with Gasteiger partial charge in [0.2, 0.25) is 10.0 Å². The molecule has 0 atom stereocenters. The van der Waals surface area contributed by atoms with E-state index in [1.165, 1.54) is 12.7 Å². The molecule has 0 bridgehead atoms. The number of sulfonamides is 1. The molecule has 2 aromatic rings. The zero-order valence-corrected chi connectivity index (χ0v) is 12.2. The second kappa shape index (κ2) is 6.46. The van der Waals surface area contributed by atoms with Crippen molar-refractivity contribution in [3.05, 3.63) is 42.5 Å². The first-order valence-electron chi connectivity index (χ1n) is 6.14. The van der Waals surface area contributed by atoms with E-state index in [1.807, 2.05) is 0 Å². The molecule has 0 radical (unpaired) electrons. The third-order valence-corrected chi connectivity index (χ3v) is 3.35. The van der Waals surface area contributed by atoms with E-state index < -0.39 is 10.0 Å². The fraction of sp³-hybridized carbons (Fsp3) is 0.250. The van der Waals surface area contributed by atoms with Crippen LogP contribution in [0.2, 0.25) is 0 Å². The normalized spacial score (nSPS) is 11.3. The summed E-state index contributed by atoms with van der Waals surface area (Å²) in [6.45, 7) is 0.335. The summed E-state index contributed by atoms with van der Waals surface area (Å²) in [7, 11) is -3.25. The Morgan fingerprint density at radius 3 is 2.52 bits per heavy atom. The van der Waals surface area contributed by atoms with E-state index in [2.05, 4.69) is 20.2 Å². The molecule has 0 spiro atoms. The highest BCUT2D eigenvalue weighted by Gasteiger charge is 2.12. The number of nitrogens with zero attached hydrogens (tertiary/aromatic N) is 3. The Kier molecular flexibility index (Phi) is 4.66. The number of nitrogens with one attached hydrogen (secondary N) is 2. The molecule has 0 aliphatic carbocycles. The van der Waals surface area contributed by atoms with Crippen LogP contribution in [0.25, 0.3) is 5.69 Å². The third-order valence-electron chi connectivity index (χ3n) is 2.62. The molecular weight excluding hydrogens is 294 g/mol. The maximum absolute atomic E-state index is 12.1. The summed E-state index contributed by atoms with van der Waals surface area (Å²) in [4.78, 5) is 12.1. The number of carbonyl (C=O) groups is 1. The van der Waals surface area contributed by atoms with Crippen LogP contribution in [-0.2, 0) is 10.0 Å². The number of rotatable bonds is 6. The second-order valence-electron chi connectivity index (χ2n) is 4.31. The topological polar surface area (TPSA) is 106 Å². The van der Waals surface area contributed by atoms with Crippen molar-refractivity contribution < 1.29 is 13.2 Å². The molecule has 1 heterocycles. The molecule has 1 aromatic heterocycles. The summed E-state index contributed by atoms with van der Waals surface area (Å²) in [5, 5.41) is 10.1. The number of hydrogen-bond donors (Lipinski definition) is 2. The van der Waals surface area contributed by atoms with Crippen LogP contribution in [0.4, 0.5) is 0 Å². The van der Waals surface area contributed by atoms with E-state index in [9.17, 15) is 13.2 Å². The highest BCUT2D eigenvalue weighted by molar-refractivity contribution is 7.88. The van der Waals surface area contributed by atoms with Gasteiger partial charge in [-0.05, 0) is 12.1 Å². The number of benzene rings is 1. The molecule has 2 rings (SSSR count). The first kappa shape index (κ1) is 15.1. The van der Waals surface area contributed by atoms with Crippen molar-refractivity contribution in [3.8, 4) is 5.69 Å². The van der Waals surface area contributed by atoms with Gasteiger partial charge in [0.15, 0.2) is 0 Å². The maximum Gasteiger partial charge on any atom is 0.253 e. The molecule has 1 aromatic carbocycles. The standard InChI is InChI=1S/C12H15N5O3S/c1-21(19,20)16-7-6-13-12(18)10-4-2-3-5-11(10)17-8-14-15-9-17/h2-5,8-9,16H,6-7H2,1H3,(H,13,18). The van der Waals surface area contributed by atoms with Gasteiger partial charge in [-0.2, -0.15) is 0 Å². The monoisotopic (exact) mass is 309 g/mol. The molecule has 2 N–H and O–H groups in total. The molecule has 1 amide bonds. The van der Waals surface area contributed by atoms with Crippen LogP contribution in [-0.4, -0.2) is 48.4 Å². The van der Waals surface area contributed by atoms with Gasteiger partial charge in [0, 0.05) is 13.1 Å². The summed E-state index contributed by atoms with van der Waals surface area (Å²) in [5.74, 6) is -0.297. The van der Waals surface area contributed by atoms with Crippen LogP contribution >= 0.6 is 0 Å². The predicted molar refractivity (Wildman–Crippen MR) is 76.5 cm³/mol. The summed E-state index contributed by atoms with van der Waals surface area (Å²) >= 11 is 0. The van der Waals surface area contributed by atoms with E-state index in [0.29, 0.717) is 11.3 Å². The second-order valence-corrected chi connectivity index (χ2v) is 6.14. The van der Waals surface area contributed by atoms with Gasteiger partial charge in [-0.15, -0.1) is 10.2 Å². The Bertz CT molecular complexity index is 712. The lowest BCUT2D eigenvalue weighted by Gasteiger charge is -2.10. The van der Waals surface area contributed by atoms with Crippen molar-refractivity contribution in [3.63, 3.8) is 0 Å². The van der Waals surface area contributed by atoms with Gasteiger partial charge in [-0.1, -0.05) is 12.1 Å². The minimum absolute atomic E-state index is 0.138. The van der Waals surface area contributed by atoms with Crippen LogP contribution in [0, 0.1) is 0 Å². The molecule has 0 aliphatic heterocycles. The molecule has 21 heavy (non-hydrogen) atoms. The molecule has 9 heteroatoms. The van der Waals surface area contributed by atoms with Gasteiger partial charge in [0.05, 0.1) is 17.5 Å². The number of hydrogen-bond acceptors (Lipinski definition) is 5. The van der Waals surface area contributed by atoms with E-state index >= 15 is 0 Å². The first-order valence-corrected chi connectivity index (χ1v) is 8.03. The van der Waals surface area contributed by atoms with Crippen molar-refractivity contribution in [1.82, 2.24) is 24.8 Å². The number of para-hydroxylation sites is 1. The van der Waals surface area contributed by atoms with Gasteiger partial charge >= 0.3 is 0 Å². The zero-order valence-electron chi connectivity index (χ0n) is 11.4. The molecule has 112 valence electrons. The molecule has 0 fully saturated rings. The molecule has 8 nitrogen and oxygen atoms in total. The fourth-order valence-corrected chi connectivity index (χ4v) is 2.20. The zero-order chi connectivity index (χ0) is 15.3. The fourth-order valence-electron chi connectivity index (χ4n) is 1.72. The van der Waals surface area contributed by atoms with Crippen LogP contribution in [0.15, 0.2) is 36.9 Å². The third kappa shape index (κ3) is 4.36. The van der Waals surface area contributed by atoms with Crippen molar-refractivity contribution >= 4 is 15.9 Å². The highest BCUT2D eigenvalue weighted by Crippen LogP contribution is 2.13. The van der Waals surface area contributed by atoms with Gasteiger partial charge in [0.25, 0.3) is 5.91 Å². The minimum Gasteiger partial charge on any atom is -0.351 e. The van der Waals surface area contributed by atoms with Crippen LogP contribution in [0.5, 0.6) is 0 Å². The summed E-state index contributed by atoms with van der Waals surface area (Å²) in [5.41, 5.74) is 1.10. The van der Waals surface area contributed by atoms with Crippen LogP contribution < -0.4 is 10.0 Å². The number of aromatic nitrogens is 3. The molecule has 0 unspecified atom stereocenters. The largest absolute Gasteiger partial charge is 0.351 e. The molecular formula is C12H15N5O3S. The number of carbonyl (C=O) groups excluding carboxylic acids is 1. The average Bonchev–Trinajstić information content (AvgIpc) is 2.96. The van der Waals surface area contributed by atoms with Gasteiger partial charge in [-0.25, -0.2) is 13.1 Å². The van der Waals surface area contributed by atoms with Gasteiger partial charge < -0.3 is 5.32 Å². The highest BCUT2D eigenvalue weighted by atomic mass is 32.2. The van der Waals surface area contributed by atoms with Gasteiger partial charge in [0.1, 0.15) is 12.7 Å². The van der Waals surface area contributed by atoms with Crippen LogP contribution in [0.3, 0.4) is 0 Å². The summed E-state index contributed by atoms with van der Waals surface area (Å²) < 4.78 is 25.8. The smallest absolute Gasteiger partial charge is 0.253 e. The minimum atomic E-state index is -3.25. The lowest BCUT2D eigenvalue weighted by atomic mass is 10.1. The Morgan fingerprint density at radius 2 is 1.86 bits per heavy atom. The summed E-state index contributed by atoms with van der Waals surface area (Å²) in [6, 6.07) is 7.00. The molecule has 0 saturated carbocycles. The molecule has 0 aliphatic rings. The van der Waals surface area contributed by atoms with E-state index in [-0.39, 0.29) is 19.0 Å². The van der Waals surface area contributed by atoms with E-state index in [4.69, 9.17) is 0 Å². The summed E-state index contributed by atoms with van der Waals surface area (Å²) in [6.07, 6.45) is 4.06. The Morgan fingerprint density at radius 1 is 1.19 bits per heavy atom. The first-order chi connectivity index (χ1) is 9.97.